The topological polar surface area (TPSA) is 52.6 Å². The fourth-order valence-corrected chi connectivity index (χ4v) is 4.75. The average molecular weight is 356 g/mol. The number of rotatable bonds is 3. The molecule has 1 aromatic carbocycles. The summed E-state index contributed by atoms with van der Waals surface area (Å²) >= 11 is 1.46. The smallest absolute Gasteiger partial charge is 0.349 e. The minimum absolute atomic E-state index is 0.0540. The van der Waals surface area contributed by atoms with Crippen LogP contribution in [0.1, 0.15) is 46.5 Å². The molecule has 1 fully saturated rings. The van der Waals surface area contributed by atoms with E-state index in [-0.39, 0.29) is 11.8 Å². The van der Waals surface area contributed by atoms with Gasteiger partial charge in [0.25, 0.3) is 0 Å². The Labute approximate surface area is 150 Å². The number of esters is 1. The fraction of sp³-hybridized carbons (Fsp3) is 0.400. The first-order valence-corrected chi connectivity index (χ1v) is 9.51. The maximum atomic E-state index is 12.5. The van der Waals surface area contributed by atoms with Crippen molar-refractivity contribution in [2.75, 3.05) is 7.11 Å². The second-order valence-corrected chi connectivity index (χ2v) is 7.65. The van der Waals surface area contributed by atoms with Gasteiger partial charge in [0.1, 0.15) is 10.6 Å². The number of ether oxygens (including phenoxy) is 2. The highest BCUT2D eigenvalue weighted by Crippen LogP contribution is 2.41. The first kappa shape index (κ1) is 16.3. The van der Waals surface area contributed by atoms with Crippen molar-refractivity contribution in [3.05, 3.63) is 40.3 Å². The Morgan fingerprint density at radius 1 is 1.12 bits per heavy atom. The lowest BCUT2D eigenvalue weighted by molar-refractivity contribution is -0.129. The van der Waals surface area contributed by atoms with Gasteiger partial charge in [-0.2, -0.15) is 0 Å². The van der Waals surface area contributed by atoms with Gasteiger partial charge in [-0.3, -0.25) is 4.79 Å². The number of hydrogen-bond donors (Lipinski definition) is 0. The van der Waals surface area contributed by atoms with Gasteiger partial charge in [0.05, 0.1) is 7.11 Å². The molecule has 4 nitrogen and oxygen atoms in total. The molecule has 1 saturated carbocycles. The number of thiophene rings is 1. The van der Waals surface area contributed by atoms with E-state index in [2.05, 4.69) is 12.1 Å². The van der Waals surface area contributed by atoms with Gasteiger partial charge in [0.2, 0.25) is 0 Å². The molecule has 0 spiro atoms. The Balaban J connectivity index is 1.58. The molecule has 0 saturated heterocycles. The summed E-state index contributed by atoms with van der Waals surface area (Å²) in [5.41, 5.74) is 3.60. The Bertz CT molecular complexity index is 836. The molecule has 1 aromatic heterocycles. The standard InChI is InChI=1S/C20H20O4S/c1-23-14-8-9-15-12(10-14)6-7-13-11-18(25-19(13)15)20(22)24-17-5-3-2-4-16(17)21/h8-11,17H,2-7H2,1H3/t17-/m0/s1. The number of carbonyl (C=O) groups excluding carboxylic acids is 2. The van der Waals surface area contributed by atoms with E-state index in [1.807, 2.05) is 12.1 Å². The van der Waals surface area contributed by atoms with E-state index in [1.165, 1.54) is 28.0 Å². The van der Waals surface area contributed by atoms with Crippen LogP contribution in [0.2, 0.25) is 0 Å². The molecule has 2 aromatic rings. The van der Waals surface area contributed by atoms with Crippen LogP contribution in [0, 0.1) is 0 Å². The van der Waals surface area contributed by atoms with Crippen LogP contribution in [-0.4, -0.2) is 25.0 Å². The van der Waals surface area contributed by atoms with E-state index >= 15 is 0 Å². The lowest BCUT2D eigenvalue weighted by Crippen LogP contribution is -2.29. The molecule has 2 aliphatic rings. The van der Waals surface area contributed by atoms with E-state index in [4.69, 9.17) is 9.47 Å². The van der Waals surface area contributed by atoms with Crippen LogP contribution in [-0.2, 0) is 22.4 Å². The van der Waals surface area contributed by atoms with Crippen LogP contribution < -0.4 is 4.74 Å². The van der Waals surface area contributed by atoms with Crippen molar-refractivity contribution in [3.8, 4) is 16.2 Å². The van der Waals surface area contributed by atoms with Crippen LogP contribution in [0.5, 0.6) is 5.75 Å². The summed E-state index contributed by atoms with van der Waals surface area (Å²) in [5.74, 6) is 0.544. The third-order valence-corrected chi connectivity index (χ3v) is 6.17. The Morgan fingerprint density at radius 3 is 2.76 bits per heavy atom. The largest absolute Gasteiger partial charge is 0.497 e. The molecule has 0 aliphatic heterocycles. The molecule has 0 amide bonds. The zero-order valence-corrected chi connectivity index (χ0v) is 15.0. The van der Waals surface area contributed by atoms with Gasteiger partial charge in [-0.15, -0.1) is 11.3 Å². The van der Waals surface area contributed by atoms with Crippen molar-refractivity contribution in [2.24, 2.45) is 0 Å². The molecule has 0 bridgehead atoms. The van der Waals surface area contributed by atoms with Crippen molar-refractivity contribution in [1.29, 1.82) is 0 Å². The summed E-state index contributed by atoms with van der Waals surface area (Å²) in [6, 6.07) is 8.01. The number of aryl methyl sites for hydroxylation is 2. The van der Waals surface area contributed by atoms with Crippen LogP contribution >= 0.6 is 11.3 Å². The zero-order chi connectivity index (χ0) is 17.4. The summed E-state index contributed by atoms with van der Waals surface area (Å²) in [6.07, 6.45) is 4.30. The molecule has 1 atom stereocenters. The molecule has 4 rings (SSSR count). The Hall–Kier alpha value is -2.14. The molecule has 25 heavy (non-hydrogen) atoms. The maximum Gasteiger partial charge on any atom is 0.349 e. The number of benzene rings is 1. The van der Waals surface area contributed by atoms with Crippen molar-refractivity contribution in [3.63, 3.8) is 0 Å². The highest BCUT2D eigenvalue weighted by atomic mass is 32.1. The normalized spacial score (nSPS) is 19.1. The highest BCUT2D eigenvalue weighted by Gasteiger charge is 2.28. The quantitative estimate of drug-likeness (QED) is 0.774. The van der Waals surface area contributed by atoms with Crippen LogP contribution in [0.15, 0.2) is 24.3 Å². The first-order chi connectivity index (χ1) is 12.2. The van der Waals surface area contributed by atoms with Gasteiger partial charge in [0, 0.05) is 11.3 Å². The number of methoxy groups -OCH3 is 1. The number of ketones is 1. The monoisotopic (exact) mass is 356 g/mol. The second-order valence-electron chi connectivity index (χ2n) is 6.59. The van der Waals surface area contributed by atoms with Crippen LogP contribution in [0.4, 0.5) is 0 Å². The molecule has 130 valence electrons. The van der Waals surface area contributed by atoms with Gasteiger partial charge < -0.3 is 9.47 Å². The molecular weight excluding hydrogens is 336 g/mol. The van der Waals surface area contributed by atoms with E-state index < -0.39 is 6.10 Å². The molecule has 5 heteroatoms. The predicted molar refractivity (Wildman–Crippen MR) is 96.4 cm³/mol. The predicted octanol–water partition coefficient (Wildman–Crippen LogP) is 4.19. The van der Waals surface area contributed by atoms with E-state index in [0.717, 1.165) is 36.3 Å². The number of hydrogen-bond acceptors (Lipinski definition) is 5. The fourth-order valence-electron chi connectivity index (χ4n) is 3.60. The minimum Gasteiger partial charge on any atom is -0.497 e. The summed E-state index contributed by atoms with van der Waals surface area (Å²) in [4.78, 5) is 26.1. The van der Waals surface area contributed by atoms with Gasteiger partial charge in [-0.25, -0.2) is 4.79 Å². The van der Waals surface area contributed by atoms with E-state index in [9.17, 15) is 9.59 Å². The molecule has 1 heterocycles. The van der Waals surface area contributed by atoms with Crippen molar-refractivity contribution in [2.45, 2.75) is 44.6 Å². The summed E-state index contributed by atoms with van der Waals surface area (Å²) in [5, 5.41) is 0. The highest BCUT2D eigenvalue weighted by molar-refractivity contribution is 7.17. The summed E-state index contributed by atoms with van der Waals surface area (Å²) < 4.78 is 10.8. The Kier molecular flexibility index (Phi) is 4.34. The molecular formula is C20H20O4S. The summed E-state index contributed by atoms with van der Waals surface area (Å²) in [7, 11) is 1.67. The zero-order valence-electron chi connectivity index (χ0n) is 14.2. The average Bonchev–Trinajstić information content (AvgIpc) is 3.08. The molecule has 0 radical (unpaired) electrons. The van der Waals surface area contributed by atoms with Gasteiger partial charge in [-0.1, -0.05) is 0 Å². The number of Topliss-reactive ketones (excluding diaryl/α,β-unsaturated/α-hetero) is 1. The van der Waals surface area contributed by atoms with Crippen molar-refractivity contribution in [1.82, 2.24) is 0 Å². The second kappa shape index (κ2) is 6.64. The van der Waals surface area contributed by atoms with E-state index in [1.54, 1.807) is 7.11 Å². The number of carbonyl (C=O) groups is 2. The molecule has 0 N–H and O–H groups in total. The third kappa shape index (κ3) is 3.09. The lowest BCUT2D eigenvalue weighted by atomic mass is 9.91. The van der Waals surface area contributed by atoms with Crippen molar-refractivity contribution < 1.29 is 19.1 Å². The third-order valence-electron chi connectivity index (χ3n) is 4.98. The molecule has 0 unspecified atom stereocenters. The van der Waals surface area contributed by atoms with E-state index in [0.29, 0.717) is 17.7 Å². The number of fused-ring (bicyclic) bond motifs is 3. The SMILES string of the molecule is COc1ccc2c(c1)CCc1cc(C(=O)O[C@H]3CCCCC3=O)sc1-2. The van der Waals surface area contributed by atoms with Gasteiger partial charge >= 0.3 is 5.97 Å². The lowest BCUT2D eigenvalue weighted by Gasteiger charge is -2.20. The van der Waals surface area contributed by atoms with Gasteiger partial charge in [-0.05, 0) is 73.1 Å². The van der Waals surface area contributed by atoms with Gasteiger partial charge in [0.15, 0.2) is 11.9 Å². The first-order valence-electron chi connectivity index (χ1n) is 8.69. The van der Waals surface area contributed by atoms with Crippen LogP contribution in [0.3, 0.4) is 0 Å². The van der Waals surface area contributed by atoms with Crippen LogP contribution in [0.25, 0.3) is 10.4 Å². The molecule has 2 aliphatic carbocycles. The van der Waals surface area contributed by atoms with Crippen molar-refractivity contribution >= 4 is 23.1 Å². The Morgan fingerprint density at radius 2 is 1.96 bits per heavy atom. The minimum atomic E-state index is -0.558. The maximum absolute atomic E-state index is 12.5. The summed E-state index contributed by atoms with van der Waals surface area (Å²) in [6.45, 7) is 0.